The molecule has 1 heterocycles. The number of ether oxygens (including phenoxy) is 1. The first-order valence-corrected chi connectivity index (χ1v) is 6.38. The molecule has 2 unspecified atom stereocenters. The van der Waals surface area contributed by atoms with Crippen molar-refractivity contribution < 1.29 is 9.53 Å². The van der Waals surface area contributed by atoms with E-state index < -0.39 is 0 Å². The highest BCUT2D eigenvalue weighted by Crippen LogP contribution is 2.25. The molecule has 4 nitrogen and oxygen atoms in total. The fourth-order valence-corrected chi connectivity index (χ4v) is 2.35. The maximum absolute atomic E-state index is 12.2. The summed E-state index contributed by atoms with van der Waals surface area (Å²) in [6.45, 7) is 3.02. The van der Waals surface area contributed by atoms with Crippen molar-refractivity contribution in [1.82, 2.24) is 5.32 Å². The number of nitrogens with one attached hydrogen (secondary N) is 2. The van der Waals surface area contributed by atoms with Gasteiger partial charge in [-0.25, -0.2) is 0 Å². The Morgan fingerprint density at radius 3 is 2.94 bits per heavy atom. The SMILES string of the molecule is COc1ccccc1NC(=O)C1CCNC(C)C1. The summed E-state index contributed by atoms with van der Waals surface area (Å²) in [6.07, 6.45) is 1.78. The minimum atomic E-state index is 0.0890. The molecule has 0 bridgehead atoms. The second kappa shape index (κ2) is 5.87. The van der Waals surface area contributed by atoms with Crippen molar-refractivity contribution in [2.24, 2.45) is 5.92 Å². The summed E-state index contributed by atoms with van der Waals surface area (Å²) in [4.78, 5) is 12.2. The Morgan fingerprint density at radius 2 is 2.22 bits per heavy atom. The fourth-order valence-electron chi connectivity index (χ4n) is 2.35. The number of hydrogen-bond donors (Lipinski definition) is 2. The van der Waals surface area contributed by atoms with Gasteiger partial charge in [0.25, 0.3) is 0 Å². The third kappa shape index (κ3) is 3.01. The summed E-state index contributed by atoms with van der Waals surface area (Å²) in [6, 6.07) is 7.90. The van der Waals surface area contributed by atoms with Crippen LogP contribution in [0.3, 0.4) is 0 Å². The van der Waals surface area contributed by atoms with E-state index in [1.165, 1.54) is 0 Å². The highest BCUT2D eigenvalue weighted by atomic mass is 16.5. The van der Waals surface area contributed by atoms with Crippen molar-refractivity contribution >= 4 is 11.6 Å². The van der Waals surface area contributed by atoms with E-state index in [9.17, 15) is 4.79 Å². The number of amides is 1. The first-order valence-electron chi connectivity index (χ1n) is 6.38. The molecular formula is C14H20N2O2. The normalized spacial score (nSPS) is 23.4. The predicted octanol–water partition coefficient (Wildman–Crippen LogP) is 2.02. The van der Waals surface area contributed by atoms with Crippen molar-refractivity contribution in [3.8, 4) is 5.75 Å². The Morgan fingerprint density at radius 1 is 1.44 bits per heavy atom. The molecule has 18 heavy (non-hydrogen) atoms. The van der Waals surface area contributed by atoms with E-state index in [-0.39, 0.29) is 11.8 Å². The Bertz CT molecular complexity index is 420. The number of para-hydroxylation sites is 2. The molecule has 2 N–H and O–H groups in total. The summed E-state index contributed by atoms with van der Waals surface area (Å²) < 4.78 is 5.23. The van der Waals surface area contributed by atoms with Crippen molar-refractivity contribution in [2.75, 3.05) is 19.0 Å². The van der Waals surface area contributed by atoms with Gasteiger partial charge in [0.1, 0.15) is 5.75 Å². The molecule has 0 saturated carbocycles. The van der Waals surface area contributed by atoms with Crippen LogP contribution in [0.15, 0.2) is 24.3 Å². The quantitative estimate of drug-likeness (QED) is 0.860. The van der Waals surface area contributed by atoms with E-state index in [1.54, 1.807) is 7.11 Å². The van der Waals surface area contributed by atoms with Crippen LogP contribution >= 0.6 is 0 Å². The second-order valence-corrected chi connectivity index (χ2v) is 4.77. The van der Waals surface area contributed by atoms with Gasteiger partial charge in [0, 0.05) is 12.0 Å². The summed E-state index contributed by atoms with van der Waals surface area (Å²) in [5, 5.41) is 6.31. The van der Waals surface area contributed by atoms with Crippen LogP contribution in [0.25, 0.3) is 0 Å². The van der Waals surface area contributed by atoms with Crippen molar-refractivity contribution in [3.63, 3.8) is 0 Å². The van der Waals surface area contributed by atoms with Gasteiger partial charge in [0.05, 0.1) is 12.8 Å². The van der Waals surface area contributed by atoms with Gasteiger partial charge in [-0.2, -0.15) is 0 Å². The molecule has 1 aliphatic rings. The zero-order valence-electron chi connectivity index (χ0n) is 10.9. The molecule has 1 fully saturated rings. The molecule has 1 saturated heterocycles. The second-order valence-electron chi connectivity index (χ2n) is 4.77. The van der Waals surface area contributed by atoms with Gasteiger partial charge in [-0.15, -0.1) is 0 Å². The largest absolute Gasteiger partial charge is 0.495 e. The molecule has 0 aliphatic carbocycles. The molecule has 2 rings (SSSR count). The lowest BCUT2D eigenvalue weighted by Gasteiger charge is -2.27. The topological polar surface area (TPSA) is 50.4 Å². The van der Waals surface area contributed by atoms with E-state index in [0.717, 1.165) is 25.1 Å². The van der Waals surface area contributed by atoms with Crippen molar-refractivity contribution in [2.45, 2.75) is 25.8 Å². The van der Waals surface area contributed by atoms with Crippen LogP contribution in [0.2, 0.25) is 0 Å². The molecule has 1 aliphatic heterocycles. The average Bonchev–Trinajstić information content (AvgIpc) is 2.39. The van der Waals surface area contributed by atoms with E-state index in [2.05, 4.69) is 17.6 Å². The zero-order chi connectivity index (χ0) is 13.0. The zero-order valence-corrected chi connectivity index (χ0v) is 10.9. The van der Waals surface area contributed by atoms with Gasteiger partial charge >= 0.3 is 0 Å². The lowest BCUT2D eigenvalue weighted by molar-refractivity contribution is -0.120. The number of anilines is 1. The number of benzene rings is 1. The van der Waals surface area contributed by atoms with Crippen LogP contribution in [0.4, 0.5) is 5.69 Å². The highest BCUT2D eigenvalue weighted by Gasteiger charge is 2.25. The predicted molar refractivity (Wildman–Crippen MR) is 71.8 cm³/mol. The summed E-state index contributed by atoms with van der Waals surface area (Å²) in [5.74, 6) is 0.881. The molecule has 1 amide bonds. The molecule has 0 spiro atoms. The molecular weight excluding hydrogens is 228 g/mol. The summed E-state index contributed by atoms with van der Waals surface area (Å²) in [5.41, 5.74) is 0.746. The maximum Gasteiger partial charge on any atom is 0.227 e. The van der Waals surface area contributed by atoms with Crippen LogP contribution < -0.4 is 15.4 Å². The molecule has 0 radical (unpaired) electrons. The summed E-state index contributed by atoms with van der Waals surface area (Å²) in [7, 11) is 1.61. The van der Waals surface area contributed by atoms with E-state index >= 15 is 0 Å². The Kier molecular flexibility index (Phi) is 4.20. The lowest BCUT2D eigenvalue weighted by atomic mass is 9.92. The van der Waals surface area contributed by atoms with Gasteiger partial charge < -0.3 is 15.4 Å². The molecule has 1 aromatic carbocycles. The van der Waals surface area contributed by atoms with Crippen molar-refractivity contribution in [1.29, 1.82) is 0 Å². The number of hydrogen-bond acceptors (Lipinski definition) is 3. The Balaban J connectivity index is 2.02. The van der Waals surface area contributed by atoms with Gasteiger partial charge in [-0.1, -0.05) is 12.1 Å². The van der Waals surface area contributed by atoms with Gasteiger partial charge in [-0.05, 0) is 38.4 Å². The third-order valence-electron chi connectivity index (χ3n) is 3.36. The Labute approximate surface area is 108 Å². The third-order valence-corrected chi connectivity index (χ3v) is 3.36. The molecule has 4 heteroatoms. The monoisotopic (exact) mass is 248 g/mol. The van der Waals surface area contributed by atoms with E-state index in [0.29, 0.717) is 11.8 Å². The molecule has 98 valence electrons. The molecule has 0 aromatic heterocycles. The smallest absolute Gasteiger partial charge is 0.227 e. The highest BCUT2D eigenvalue weighted by molar-refractivity contribution is 5.94. The van der Waals surface area contributed by atoms with Crippen molar-refractivity contribution in [3.05, 3.63) is 24.3 Å². The standard InChI is InChI=1S/C14H20N2O2/c1-10-9-11(7-8-15-10)14(17)16-12-5-3-4-6-13(12)18-2/h3-6,10-11,15H,7-9H2,1-2H3,(H,16,17). The minimum Gasteiger partial charge on any atom is -0.495 e. The fraction of sp³-hybridized carbons (Fsp3) is 0.500. The first-order chi connectivity index (χ1) is 8.70. The molecule has 1 aromatic rings. The van der Waals surface area contributed by atoms with Crippen LogP contribution in [-0.2, 0) is 4.79 Å². The number of rotatable bonds is 3. The van der Waals surface area contributed by atoms with Gasteiger partial charge in [-0.3, -0.25) is 4.79 Å². The number of piperidine rings is 1. The lowest BCUT2D eigenvalue weighted by Crippen LogP contribution is -2.40. The Hall–Kier alpha value is -1.55. The van der Waals surface area contributed by atoms with Gasteiger partial charge in [0.2, 0.25) is 5.91 Å². The first kappa shape index (κ1) is 12.9. The average molecular weight is 248 g/mol. The van der Waals surface area contributed by atoms with Gasteiger partial charge in [0.15, 0.2) is 0 Å². The van der Waals surface area contributed by atoms with Crippen LogP contribution in [0.5, 0.6) is 5.75 Å². The van der Waals surface area contributed by atoms with Crippen LogP contribution in [0, 0.1) is 5.92 Å². The molecule has 2 atom stereocenters. The van der Waals surface area contributed by atoms with Crippen LogP contribution in [-0.4, -0.2) is 25.6 Å². The minimum absolute atomic E-state index is 0.0890. The number of carbonyl (C=O) groups is 1. The van der Waals surface area contributed by atoms with E-state index in [4.69, 9.17) is 4.74 Å². The summed E-state index contributed by atoms with van der Waals surface area (Å²) >= 11 is 0. The number of methoxy groups -OCH3 is 1. The maximum atomic E-state index is 12.2. The number of carbonyl (C=O) groups excluding carboxylic acids is 1. The van der Waals surface area contributed by atoms with Crippen LogP contribution in [0.1, 0.15) is 19.8 Å². The van der Waals surface area contributed by atoms with E-state index in [1.807, 2.05) is 24.3 Å².